The van der Waals surface area contributed by atoms with Crippen molar-refractivity contribution >= 4 is 40.4 Å². The van der Waals surface area contributed by atoms with Gasteiger partial charge in [0.05, 0.1) is 11.3 Å². The number of carbonyl (C=O) groups is 2. The zero-order valence-corrected chi connectivity index (χ0v) is 20.6. The monoisotopic (exact) mass is 493 g/mol. The summed E-state index contributed by atoms with van der Waals surface area (Å²) in [5, 5.41) is 4.84. The number of anilines is 1. The lowest BCUT2D eigenvalue weighted by molar-refractivity contribution is -0.123. The van der Waals surface area contributed by atoms with Gasteiger partial charge >= 0.3 is 0 Å². The highest BCUT2D eigenvalue weighted by molar-refractivity contribution is 7.15. The van der Waals surface area contributed by atoms with Gasteiger partial charge in [0, 0.05) is 27.8 Å². The van der Waals surface area contributed by atoms with Crippen LogP contribution in [0.25, 0.3) is 5.00 Å². The summed E-state index contributed by atoms with van der Waals surface area (Å²) in [4.78, 5) is 31.2. The Morgan fingerprint density at radius 2 is 1.76 bits per heavy atom. The number of hydrogen-bond acceptors (Lipinski definition) is 3. The van der Waals surface area contributed by atoms with Crippen molar-refractivity contribution in [3.8, 4) is 5.00 Å². The van der Waals surface area contributed by atoms with E-state index >= 15 is 0 Å². The van der Waals surface area contributed by atoms with Crippen LogP contribution in [0, 0.1) is 0 Å². The molecule has 2 amide bonds. The predicted molar refractivity (Wildman–Crippen MR) is 136 cm³/mol. The molecule has 1 aliphatic heterocycles. The third-order valence-electron chi connectivity index (χ3n) is 7.43. The number of nitrogens with zero attached hydrogens (tertiary/aromatic N) is 2. The van der Waals surface area contributed by atoms with Crippen LogP contribution in [0.2, 0.25) is 5.02 Å². The van der Waals surface area contributed by atoms with Crippen molar-refractivity contribution in [2.24, 2.45) is 0 Å². The number of rotatable bonds is 3. The number of amides is 2. The molecular formula is C27H28ClN3O2S. The van der Waals surface area contributed by atoms with Gasteiger partial charge in [-0.2, -0.15) is 0 Å². The van der Waals surface area contributed by atoms with E-state index in [0.29, 0.717) is 10.7 Å². The van der Waals surface area contributed by atoms with E-state index in [9.17, 15) is 9.59 Å². The van der Waals surface area contributed by atoms with Gasteiger partial charge in [0.25, 0.3) is 5.91 Å². The van der Waals surface area contributed by atoms with Gasteiger partial charge < -0.3 is 9.88 Å². The van der Waals surface area contributed by atoms with Crippen LogP contribution in [0.1, 0.15) is 77.5 Å². The molecule has 1 fully saturated rings. The van der Waals surface area contributed by atoms with Crippen LogP contribution in [-0.2, 0) is 17.6 Å². The molecule has 0 unspecified atom stereocenters. The summed E-state index contributed by atoms with van der Waals surface area (Å²) in [6.07, 6.45) is 11.7. The van der Waals surface area contributed by atoms with Crippen molar-refractivity contribution in [3.63, 3.8) is 0 Å². The van der Waals surface area contributed by atoms with Crippen LogP contribution < -0.4 is 10.2 Å². The summed E-state index contributed by atoms with van der Waals surface area (Å²) in [5.41, 5.74) is 3.45. The van der Waals surface area contributed by atoms with Gasteiger partial charge in [-0.05, 0) is 80.5 Å². The zero-order chi connectivity index (χ0) is 23.2. The second kappa shape index (κ2) is 8.90. The number of thiophene rings is 1. The highest BCUT2D eigenvalue weighted by atomic mass is 35.5. The first-order valence-corrected chi connectivity index (χ1v) is 13.5. The predicted octanol–water partition coefficient (Wildman–Crippen LogP) is 6.22. The molecule has 1 N–H and O–H groups in total. The Morgan fingerprint density at radius 3 is 2.56 bits per heavy atom. The van der Waals surface area contributed by atoms with E-state index in [1.165, 1.54) is 16.9 Å². The maximum atomic E-state index is 14.3. The maximum absolute atomic E-state index is 14.3. The molecule has 1 aromatic carbocycles. The summed E-state index contributed by atoms with van der Waals surface area (Å²) < 4.78 is 2.08. The van der Waals surface area contributed by atoms with Gasteiger partial charge in [0.15, 0.2) is 6.04 Å². The Labute approximate surface area is 208 Å². The minimum absolute atomic E-state index is 0.0933. The van der Waals surface area contributed by atoms with E-state index in [1.54, 1.807) is 28.4 Å². The Hall–Kier alpha value is -2.57. The minimum Gasteiger partial charge on any atom is -0.351 e. The number of benzene rings is 1. The minimum atomic E-state index is -0.746. The summed E-state index contributed by atoms with van der Waals surface area (Å²) >= 11 is 7.90. The van der Waals surface area contributed by atoms with Crippen LogP contribution in [-0.4, -0.2) is 22.4 Å². The van der Waals surface area contributed by atoms with Crippen molar-refractivity contribution in [1.29, 1.82) is 0 Å². The standard InChI is InChI=1S/C27H28ClN3O2S/c28-17-12-14-19(15-13-17)31-24(25(32)29-18-7-2-1-3-8-18)21-10-6-16-30(21)27-23(26(31)33)20-9-4-5-11-22(20)34-27/h6,10,12-16,18,24H,1-5,7-9,11H2,(H,29,32)/t24-/m0/s1. The first-order chi connectivity index (χ1) is 16.6. The van der Waals surface area contributed by atoms with Crippen molar-refractivity contribution in [2.75, 3.05) is 4.90 Å². The maximum Gasteiger partial charge on any atom is 0.262 e. The highest BCUT2D eigenvalue weighted by Crippen LogP contribution is 2.44. The number of fused-ring (bicyclic) bond motifs is 5. The molecule has 2 aliphatic carbocycles. The molecule has 0 radical (unpaired) electrons. The Balaban J connectivity index is 1.51. The third-order valence-corrected chi connectivity index (χ3v) is 8.97. The Morgan fingerprint density at radius 1 is 1.00 bits per heavy atom. The van der Waals surface area contributed by atoms with Crippen LogP contribution in [0.5, 0.6) is 0 Å². The van der Waals surface area contributed by atoms with Crippen molar-refractivity contribution in [3.05, 3.63) is 69.3 Å². The number of nitrogens with one attached hydrogen (secondary N) is 1. The van der Waals surface area contributed by atoms with Gasteiger partial charge in [-0.25, -0.2) is 0 Å². The number of carbonyl (C=O) groups excluding carboxylic acids is 2. The molecule has 5 nitrogen and oxygen atoms in total. The molecular weight excluding hydrogens is 466 g/mol. The topological polar surface area (TPSA) is 54.3 Å². The first kappa shape index (κ1) is 21.9. The number of halogens is 1. The summed E-state index contributed by atoms with van der Waals surface area (Å²) in [6, 6.07) is 10.6. The SMILES string of the molecule is O=C(NC1CCCCC1)[C@@H]1c2cccn2-c2sc3c(c2C(=O)N1c1ccc(Cl)cc1)CCCC3. The molecule has 6 rings (SSSR count). The van der Waals surface area contributed by atoms with Gasteiger partial charge in [0.1, 0.15) is 5.00 Å². The van der Waals surface area contributed by atoms with Crippen LogP contribution in [0.3, 0.4) is 0 Å². The highest BCUT2D eigenvalue weighted by Gasteiger charge is 2.42. The molecule has 2 aromatic heterocycles. The normalized spacial score (nSPS) is 20.3. The van der Waals surface area contributed by atoms with Crippen LogP contribution >= 0.6 is 22.9 Å². The largest absolute Gasteiger partial charge is 0.351 e. The van der Waals surface area contributed by atoms with E-state index in [0.717, 1.165) is 67.6 Å². The lowest BCUT2D eigenvalue weighted by atomic mass is 9.94. The molecule has 3 aliphatic rings. The summed E-state index contributed by atoms with van der Waals surface area (Å²) in [5.74, 6) is -0.205. The average Bonchev–Trinajstić information content (AvgIpc) is 3.46. The summed E-state index contributed by atoms with van der Waals surface area (Å²) in [6.45, 7) is 0. The second-order valence-corrected chi connectivity index (χ2v) is 11.1. The molecule has 0 bridgehead atoms. The van der Waals surface area contributed by atoms with Crippen LogP contribution in [0.15, 0.2) is 42.6 Å². The number of hydrogen-bond donors (Lipinski definition) is 1. The van der Waals surface area contributed by atoms with Gasteiger partial charge in [0.2, 0.25) is 5.91 Å². The van der Waals surface area contributed by atoms with E-state index in [2.05, 4.69) is 9.88 Å². The number of aromatic nitrogens is 1. The van der Waals surface area contributed by atoms with E-state index in [-0.39, 0.29) is 17.9 Å². The fraction of sp³-hybridized carbons (Fsp3) is 0.407. The molecule has 1 atom stereocenters. The van der Waals surface area contributed by atoms with E-state index < -0.39 is 6.04 Å². The van der Waals surface area contributed by atoms with Gasteiger partial charge in [-0.15, -0.1) is 11.3 Å². The van der Waals surface area contributed by atoms with Crippen LogP contribution in [0.4, 0.5) is 5.69 Å². The lowest BCUT2D eigenvalue weighted by Gasteiger charge is -2.32. The molecule has 176 valence electrons. The Kier molecular flexibility index (Phi) is 5.74. The van der Waals surface area contributed by atoms with E-state index in [1.807, 2.05) is 30.5 Å². The molecule has 34 heavy (non-hydrogen) atoms. The van der Waals surface area contributed by atoms with Crippen molar-refractivity contribution in [2.45, 2.75) is 69.9 Å². The van der Waals surface area contributed by atoms with Crippen molar-refractivity contribution in [1.82, 2.24) is 9.88 Å². The molecule has 7 heteroatoms. The smallest absolute Gasteiger partial charge is 0.262 e. The average molecular weight is 494 g/mol. The quantitative estimate of drug-likeness (QED) is 0.470. The number of aryl methyl sites for hydroxylation is 1. The molecule has 0 spiro atoms. The summed E-state index contributed by atoms with van der Waals surface area (Å²) in [7, 11) is 0. The van der Waals surface area contributed by atoms with Gasteiger partial charge in [-0.3, -0.25) is 14.5 Å². The first-order valence-electron chi connectivity index (χ1n) is 12.3. The molecule has 0 saturated heterocycles. The van der Waals surface area contributed by atoms with Crippen molar-refractivity contribution < 1.29 is 9.59 Å². The fourth-order valence-electron chi connectivity index (χ4n) is 5.76. The molecule has 3 aromatic rings. The second-order valence-electron chi connectivity index (χ2n) is 9.59. The zero-order valence-electron chi connectivity index (χ0n) is 19.1. The molecule has 1 saturated carbocycles. The Bertz CT molecular complexity index is 1240. The molecule has 3 heterocycles. The van der Waals surface area contributed by atoms with Gasteiger partial charge in [-0.1, -0.05) is 30.9 Å². The van der Waals surface area contributed by atoms with E-state index in [4.69, 9.17) is 11.6 Å². The third kappa shape index (κ3) is 3.68. The fourth-order valence-corrected chi connectivity index (χ4v) is 7.27. The lowest BCUT2D eigenvalue weighted by Crippen LogP contribution is -2.47.